The molecule has 0 aliphatic carbocycles. The van der Waals surface area contributed by atoms with Gasteiger partial charge in [0.2, 0.25) is 0 Å². The normalized spacial score (nSPS) is 14.3. The molecule has 0 bridgehead atoms. The van der Waals surface area contributed by atoms with Crippen molar-refractivity contribution in [3.63, 3.8) is 0 Å². The summed E-state index contributed by atoms with van der Waals surface area (Å²) < 4.78 is 5.21. The summed E-state index contributed by atoms with van der Waals surface area (Å²) in [5.74, 6) is 1.14. The predicted molar refractivity (Wildman–Crippen MR) is 132 cm³/mol. The lowest BCUT2D eigenvalue weighted by Gasteiger charge is -2.37. The average Bonchev–Trinajstić information content (AvgIpc) is 3.17. The molecule has 8 heteroatoms. The minimum Gasteiger partial charge on any atom is -0.459 e. The van der Waals surface area contributed by atoms with Crippen molar-refractivity contribution in [1.82, 2.24) is 15.5 Å². The fourth-order valence-corrected chi connectivity index (χ4v) is 3.51. The van der Waals surface area contributed by atoms with E-state index in [0.29, 0.717) is 12.3 Å². The molecule has 1 amide bonds. The maximum atomic E-state index is 12.0. The van der Waals surface area contributed by atoms with Crippen molar-refractivity contribution in [2.75, 3.05) is 51.2 Å². The SMILES string of the molecule is CN=C(NCCCNC(=O)c1occc1C)N1CCN(c2cccc(C)c2)CC1.I. The molecular formula is C22H32IN5O2. The minimum atomic E-state index is -0.163. The Morgan fingerprint density at radius 2 is 1.83 bits per heavy atom. The van der Waals surface area contributed by atoms with Crippen LogP contribution >= 0.6 is 24.0 Å². The molecule has 0 atom stereocenters. The van der Waals surface area contributed by atoms with Crippen LogP contribution in [-0.4, -0.2) is 63.1 Å². The molecule has 2 N–H and O–H groups in total. The summed E-state index contributed by atoms with van der Waals surface area (Å²) in [6.45, 7) is 9.15. The molecule has 2 aromatic rings. The summed E-state index contributed by atoms with van der Waals surface area (Å²) in [5, 5.41) is 6.30. The molecule has 2 heterocycles. The highest BCUT2D eigenvalue weighted by molar-refractivity contribution is 14.0. The summed E-state index contributed by atoms with van der Waals surface area (Å²) in [4.78, 5) is 21.2. The number of carbonyl (C=O) groups excluding carboxylic acids is 1. The molecule has 0 saturated carbocycles. The van der Waals surface area contributed by atoms with E-state index in [0.717, 1.165) is 50.7 Å². The van der Waals surface area contributed by atoms with Crippen LogP contribution in [0.15, 0.2) is 46.0 Å². The second-order valence-electron chi connectivity index (χ2n) is 7.33. The van der Waals surface area contributed by atoms with Crippen LogP contribution in [0.3, 0.4) is 0 Å². The van der Waals surface area contributed by atoms with E-state index >= 15 is 0 Å². The highest BCUT2D eigenvalue weighted by atomic mass is 127. The van der Waals surface area contributed by atoms with Crippen molar-refractivity contribution in [1.29, 1.82) is 0 Å². The molecule has 1 aliphatic heterocycles. The first-order valence-electron chi connectivity index (χ1n) is 10.2. The number of aryl methyl sites for hydroxylation is 2. The van der Waals surface area contributed by atoms with Gasteiger partial charge in [-0.05, 0) is 44.0 Å². The number of carbonyl (C=O) groups is 1. The van der Waals surface area contributed by atoms with Crippen LogP contribution in [0.1, 0.15) is 28.1 Å². The predicted octanol–water partition coefficient (Wildman–Crippen LogP) is 3.03. The molecule has 3 rings (SSSR count). The number of anilines is 1. The van der Waals surface area contributed by atoms with Gasteiger partial charge < -0.3 is 24.9 Å². The van der Waals surface area contributed by atoms with Crippen molar-refractivity contribution >= 4 is 41.5 Å². The standard InChI is InChI=1S/C22H31N5O2.HI/c1-17-6-4-7-19(16-17)26-11-13-27(14-12-26)22(23-3)25-10-5-9-24-21(28)20-18(2)8-15-29-20;/h4,6-8,15-16H,5,9-14H2,1-3H3,(H,23,25)(H,24,28);1H. The van der Waals surface area contributed by atoms with E-state index in [1.807, 2.05) is 14.0 Å². The van der Waals surface area contributed by atoms with E-state index in [4.69, 9.17) is 4.42 Å². The second kappa shape index (κ2) is 11.8. The molecule has 30 heavy (non-hydrogen) atoms. The van der Waals surface area contributed by atoms with Gasteiger partial charge in [-0.3, -0.25) is 9.79 Å². The summed E-state index contributed by atoms with van der Waals surface area (Å²) in [6.07, 6.45) is 2.35. The Kier molecular flexibility index (Phi) is 9.48. The number of rotatable bonds is 6. The Morgan fingerprint density at radius 1 is 1.10 bits per heavy atom. The largest absolute Gasteiger partial charge is 0.459 e. The topological polar surface area (TPSA) is 73.1 Å². The van der Waals surface area contributed by atoms with E-state index in [9.17, 15) is 4.79 Å². The van der Waals surface area contributed by atoms with Gasteiger partial charge >= 0.3 is 0 Å². The highest BCUT2D eigenvalue weighted by Gasteiger charge is 2.19. The van der Waals surface area contributed by atoms with Crippen molar-refractivity contribution in [2.45, 2.75) is 20.3 Å². The molecular weight excluding hydrogens is 493 g/mol. The summed E-state index contributed by atoms with van der Waals surface area (Å²) in [6, 6.07) is 10.4. The Morgan fingerprint density at radius 3 is 2.47 bits per heavy atom. The zero-order valence-corrected chi connectivity index (χ0v) is 20.3. The Labute approximate surface area is 195 Å². The summed E-state index contributed by atoms with van der Waals surface area (Å²) in [5.41, 5.74) is 3.43. The molecule has 7 nitrogen and oxygen atoms in total. The Balaban J connectivity index is 0.00000320. The van der Waals surface area contributed by atoms with Gasteiger partial charge in [0.15, 0.2) is 11.7 Å². The van der Waals surface area contributed by atoms with Crippen LogP contribution in [0, 0.1) is 13.8 Å². The third kappa shape index (κ3) is 6.38. The lowest BCUT2D eigenvalue weighted by atomic mass is 10.2. The smallest absolute Gasteiger partial charge is 0.287 e. The van der Waals surface area contributed by atoms with Gasteiger partial charge in [0.1, 0.15) is 0 Å². The number of hydrogen-bond acceptors (Lipinski definition) is 4. The molecule has 0 spiro atoms. The number of aliphatic imine (C=N–C) groups is 1. The van der Waals surface area contributed by atoms with Crippen molar-refractivity contribution in [2.24, 2.45) is 4.99 Å². The number of halogens is 1. The van der Waals surface area contributed by atoms with Gasteiger partial charge in [0.25, 0.3) is 5.91 Å². The maximum absolute atomic E-state index is 12.0. The monoisotopic (exact) mass is 525 g/mol. The van der Waals surface area contributed by atoms with E-state index in [1.54, 1.807) is 6.07 Å². The van der Waals surface area contributed by atoms with E-state index in [-0.39, 0.29) is 29.9 Å². The van der Waals surface area contributed by atoms with Crippen LogP contribution < -0.4 is 15.5 Å². The molecule has 1 aliphatic rings. The van der Waals surface area contributed by atoms with Crippen molar-refractivity contribution in [3.05, 3.63) is 53.5 Å². The number of benzene rings is 1. The number of amides is 1. The van der Waals surface area contributed by atoms with Crippen LogP contribution in [0.2, 0.25) is 0 Å². The number of guanidine groups is 1. The first-order valence-corrected chi connectivity index (χ1v) is 10.2. The van der Waals surface area contributed by atoms with Gasteiger partial charge in [-0.1, -0.05) is 12.1 Å². The number of piperazine rings is 1. The van der Waals surface area contributed by atoms with Gasteiger partial charge in [-0.2, -0.15) is 0 Å². The maximum Gasteiger partial charge on any atom is 0.287 e. The highest BCUT2D eigenvalue weighted by Crippen LogP contribution is 2.17. The third-order valence-electron chi connectivity index (χ3n) is 5.15. The molecule has 0 unspecified atom stereocenters. The summed E-state index contributed by atoms with van der Waals surface area (Å²) >= 11 is 0. The van der Waals surface area contributed by atoms with Gasteiger partial charge in [0.05, 0.1) is 6.26 Å². The summed E-state index contributed by atoms with van der Waals surface area (Å²) in [7, 11) is 1.82. The molecule has 164 valence electrons. The average molecular weight is 525 g/mol. The number of nitrogens with zero attached hydrogens (tertiary/aromatic N) is 3. The Hall–Kier alpha value is -2.23. The molecule has 1 fully saturated rings. The fraction of sp³-hybridized carbons (Fsp3) is 0.455. The molecule has 1 aromatic carbocycles. The van der Waals surface area contributed by atoms with Crippen LogP contribution in [0.4, 0.5) is 5.69 Å². The first kappa shape index (κ1) is 24.0. The third-order valence-corrected chi connectivity index (χ3v) is 5.15. The fourth-order valence-electron chi connectivity index (χ4n) is 3.51. The lowest BCUT2D eigenvalue weighted by molar-refractivity contribution is 0.0925. The number of furan rings is 1. The zero-order chi connectivity index (χ0) is 20.6. The lowest BCUT2D eigenvalue weighted by Crippen LogP contribution is -2.52. The zero-order valence-electron chi connectivity index (χ0n) is 18.0. The van der Waals surface area contributed by atoms with E-state index < -0.39 is 0 Å². The van der Waals surface area contributed by atoms with Gasteiger partial charge in [0, 0.05) is 57.6 Å². The Bertz CT molecular complexity index is 844. The van der Waals surface area contributed by atoms with Gasteiger partial charge in [-0.25, -0.2) is 0 Å². The van der Waals surface area contributed by atoms with Gasteiger partial charge in [-0.15, -0.1) is 24.0 Å². The quantitative estimate of drug-likeness (QED) is 0.263. The van der Waals surface area contributed by atoms with Crippen LogP contribution in [0.5, 0.6) is 0 Å². The molecule has 1 saturated heterocycles. The van der Waals surface area contributed by atoms with Crippen molar-refractivity contribution < 1.29 is 9.21 Å². The molecule has 1 aromatic heterocycles. The molecule has 0 radical (unpaired) electrons. The first-order chi connectivity index (χ1) is 14.1. The van der Waals surface area contributed by atoms with E-state index in [1.165, 1.54) is 17.5 Å². The second-order valence-corrected chi connectivity index (χ2v) is 7.33. The number of hydrogen-bond donors (Lipinski definition) is 2. The van der Waals surface area contributed by atoms with Crippen molar-refractivity contribution in [3.8, 4) is 0 Å². The number of nitrogens with one attached hydrogen (secondary N) is 2. The van der Waals surface area contributed by atoms with Crippen LogP contribution in [-0.2, 0) is 0 Å². The van der Waals surface area contributed by atoms with Crippen LogP contribution in [0.25, 0.3) is 0 Å². The van der Waals surface area contributed by atoms with E-state index in [2.05, 4.69) is 56.6 Å². The minimum absolute atomic E-state index is 0.